The first-order valence-electron chi connectivity index (χ1n) is 8.39. The molecule has 0 saturated carbocycles. The van der Waals surface area contributed by atoms with Crippen LogP contribution in [0, 0.1) is 0 Å². The van der Waals surface area contributed by atoms with Gasteiger partial charge in [-0.25, -0.2) is 17.9 Å². The number of hydrogen-bond donors (Lipinski definition) is 2. The lowest BCUT2D eigenvalue weighted by atomic mass is 10.1. The van der Waals surface area contributed by atoms with Crippen molar-refractivity contribution in [3.63, 3.8) is 0 Å². The highest BCUT2D eigenvalue weighted by atomic mass is 32.2. The van der Waals surface area contributed by atoms with Crippen molar-refractivity contribution >= 4 is 32.7 Å². The van der Waals surface area contributed by atoms with Crippen LogP contribution in [0.3, 0.4) is 0 Å². The maximum absolute atomic E-state index is 12.4. The molecule has 1 amide bonds. The molecule has 1 aliphatic heterocycles. The molecule has 26 heavy (non-hydrogen) atoms. The van der Waals surface area contributed by atoms with Gasteiger partial charge in [-0.15, -0.1) is 0 Å². The van der Waals surface area contributed by atoms with E-state index in [0.29, 0.717) is 19.4 Å². The Bertz CT molecular complexity index is 942. The predicted octanol–water partition coefficient (Wildman–Crippen LogP) is 1.58. The largest absolute Gasteiger partial charge is 0.480 e. The highest BCUT2D eigenvalue weighted by Gasteiger charge is 2.33. The summed E-state index contributed by atoms with van der Waals surface area (Å²) < 4.78 is 27.3. The van der Waals surface area contributed by atoms with Crippen LogP contribution in [-0.4, -0.2) is 49.4 Å². The summed E-state index contributed by atoms with van der Waals surface area (Å²) >= 11 is 0. The van der Waals surface area contributed by atoms with Gasteiger partial charge in [0.25, 0.3) is 0 Å². The van der Waals surface area contributed by atoms with E-state index in [1.165, 1.54) is 11.0 Å². The smallest absolute Gasteiger partial charge is 0.326 e. The minimum Gasteiger partial charge on any atom is -0.480 e. The van der Waals surface area contributed by atoms with Crippen LogP contribution < -0.4 is 4.72 Å². The van der Waals surface area contributed by atoms with E-state index in [9.17, 15) is 18.0 Å². The number of carboxylic acids is 1. The average Bonchev–Trinajstić information content (AvgIpc) is 3.11. The predicted molar refractivity (Wildman–Crippen MR) is 96.1 cm³/mol. The van der Waals surface area contributed by atoms with Crippen LogP contribution in [-0.2, 0) is 19.6 Å². The monoisotopic (exact) mass is 376 g/mol. The standard InChI is InChI=1S/C18H20N2O5S/c21-17(20-11-3-6-16(20)18(22)23)9-10-19-26(24,25)15-8-7-13-4-1-2-5-14(13)12-15/h1-2,4-5,7-8,12,16,19H,3,6,9-11H2,(H,22,23)/t16-/m1/s1. The lowest BCUT2D eigenvalue weighted by Crippen LogP contribution is -2.41. The summed E-state index contributed by atoms with van der Waals surface area (Å²) in [5, 5.41) is 10.9. The number of nitrogens with zero attached hydrogens (tertiary/aromatic N) is 1. The van der Waals surface area contributed by atoms with Crippen molar-refractivity contribution in [1.29, 1.82) is 0 Å². The number of carbonyl (C=O) groups is 2. The van der Waals surface area contributed by atoms with Gasteiger partial charge in [-0.2, -0.15) is 0 Å². The number of rotatable bonds is 6. The maximum Gasteiger partial charge on any atom is 0.326 e. The lowest BCUT2D eigenvalue weighted by Gasteiger charge is -2.21. The number of likely N-dealkylation sites (tertiary alicyclic amines) is 1. The Morgan fingerprint density at radius 1 is 1.15 bits per heavy atom. The van der Waals surface area contributed by atoms with Crippen molar-refractivity contribution in [1.82, 2.24) is 9.62 Å². The average molecular weight is 376 g/mol. The Labute approximate surface area is 151 Å². The molecule has 1 heterocycles. The topological polar surface area (TPSA) is 104 Å². The van der Waals surface area contributed by atoms with Crippen molar-refractivity contribution in [3.8, 4) is 0 Å². The number of benzene rings is 2. The second-order valence-electron chi connectivity index (χ2n) is 6.24. The molecule has 0 spiro atoms. The first-order valence-corrected chi connectivity index (χ1v) is 9.87. The van der Waals surface area contributed by atoms with Crippen molar-refractivity contribution in [2.45, 2.75) is 30.2 Å². The number of amides is 1. The van der Waals surface area contributed by atoms with Gasteiger partial charge in [0, 0.05) is 19.5 Å². The summed E-state index contributed by atoms with van der Waals surface area (Å²) in [4.78, 5) is 24.8. The molecule has 1 atom stereocenters. The van der Waals surface area contributed by atoms with Gasteiger partial charge in [0.15, 0.2) is 0 Å². The second-order valence-corrected chi connectivity index (χ2v) is 8.01. The first kappa shape index (κ1) is 18.3. The van der Waals surface area contributed by atoms with Crippen LogP contribution >= 0.6 is 0 Å². The molecule has 0 aromatic heterocycles. The van der Waals surface area contributed by atoms with Crippen molar-refractivity contribution in [2.24, 2.45) is 0 Å². The van der Waals surface area contributed by atoms with Crippen molar-refractivity contribution in [3.05, 3.63) is 42.5 Å². The highest BCUT2D eigenvalue weighted by molar-refractivity contribution is 7.89. The Hall–Kier alpha value is -2.45. The summed E-state index contributed by atoms with van der Waals surface area (Å²) in [7, 11) is -3.74. The van der Waals surface area contributed by atoms with E-state index in [1.54, 1.807) is 12.1 Å². The summed E-state index contributed by atoms with van der Waals surface area (Å²) in [6.07, 6.45) is 1.01. The number of hydrogen-bond acceptors (Lipinski definition) is 4. The molecule has 0 unspecified atom stereocenters. The maximum atomic E-state index is 12.4. The SMILES string of the molecule is O=C(O)[C@H]1CCCN1C(=O)CCNS(=O)(=O)c1ccc2ccccc2c1. The minimum absolute atomic E-state index is 0.0726. The van der Waals surface area contributed by atoms with Gasteiger partial charge in [-0.3, -0.25) is 4.79 Å². The summed E-state index contributed by atoms with van der Waals surface area (Å²) in [6, 6.07) is 11.5. The quantitative estimate of drug-likeness (QED) is 0.797. The van der Waals surface area contributed by atoms with Gasteiger partial charge in [0.05, 0.1) is 4.90 Å². The molecule has 138 valence electrons. The summed E-state index contributed by atoms with van der Waals surface area (Å²) in [6.45, 7) is 0.323. The number of sulfonamides is 1. The fourth-order valence-corrected chi connectivity index (χ4v) is 4.24. The Morgan fingerprint density at radius 3 is 2.62 bits per heavy atom. The molecule has 7 nitrogen and oxygen atoms in total. The van der Waals surface area contributed by atoms with E-state index < -0.39 is 22.0 Å². The third-order valence-corrected chi connectivity index (χ3v) is 5.98. The van der Waals surface area contributed by atoms with E-state index in [0.717, 1.165) is 10.8 Å². The normalized spacial score (nSPS) is 17.5. The molecule has 0 radical (unpaired) electrons. The number of nitrogens with one attached hydrogen (secondary N) is 1. The zero-order valence-electron chi connectivity index (χ0n) is 14.1. The highest BCUT2D eigenvalue weighted by Crippen LogP contribution is 2.20. The molecule has 0 bridgehead atoms. The minimum atomic E-state index is -3.74. The molecule has 2 N–H and O–H groups in total. The van der Waals surface area contributed by atoms with Gasteiger partial charge in [0.2, 0.25) is 15.9 Å². The third-order valence-electron chi connectivity index (χ3n) is 4.52. The van der Waals surface area contributed by atoms with Crippen molar-refractivity contribution < 1.29 is 23.1 Å². The molecule has 1 aliphatic rings. The molecular weight excluding hydrogens is 356 g/mol. The Balaban J connectivity index is 1.62. The van der Waals surface area contributed by atoms with Gasteiger partial charge in [-0.05, 0) is 35.7 Å². The van der Waals surface area contributed by atoms with Crippen LogP contribution in [0.5, 0.6) is 0 Å². The molecule has 3 rings (SSSR count). The number of carboxylic acid groups (broad SMARTS) is 1. The molecule has 8 heteroatoms. The lowest BCUT2D eigenvalue weighted by molar-refractivity contribution is -0.148. The van der Waals surface area contributed by atoms with Crippen LogP contribution in [0.1, 0.15) is 19.3 Å². The van der Waals surface area contributed by atoms with Gasteiger partial charge in [-0.1, -0.05) is 30.3 Å². The van der Waals surface area contributed by atoms with E-state index >= 15 is 0 Å². The Kier molecular flexibility index (Phi) is 5.24. The van der Waals surface area contributed by atoms with Crippen LogP contribution in [0.15, 0.2) is 47.4 Å². The second kappa shape index (κ2) is 7.43. The van der Waals surface area contributed by atoms with Crippen molar-refractivity contribution in [2.75, 3.05) is 13.1 Å². The third kappa shape index (κ3) is 3.86. The fourth-order valence-electron chi connectivity index (χ4n) is 3.18. The molecule has 0 aliphatic carbocycles. The number of aliphatic carboxylic acids is 1. The molecule has 2 aromatic carbocycles. The van der Waals surface area contributed by atoms with Crippen LogP contribution in [0.2, 0.25) is 0 Å². The van der Waals surface area contributed by atoms with Gasteiger partial charge in [0.1, 0.15) is 6.04 Å². The van der Waals surface area contributed by atoms with E-state index in [-0.39, 0.29) is 23.8 Å². The first-order chi connectivity index (χ1) is 12.4. The summed E-state index contributed by atoms with van der Waals surface area (Å²) in [5.74, 6) is -1.37. The zero-order chi connectivity index (χ0) is 18.7. The van der Waals surface area contributed by atoms with E-state index in [1.807, 2.05) is 24.3 Å². The Morgan fingerprint density at radius 2 is 1.88 bits per heavy atom. The molecule has 1 saturated heterocycles. The number of fused-ring (bicyclic) bond motifs is 1. The molecular formula is C18H20N2O5S. The van der Waals surface area contributed by atoms with E-state index in [4.69, 9.17) is 5.11 Å². The molecule has 1 fully saturated rings. The van der Waals surface area contributed by atoms with Crippen LogP contribution in [0.25, 0.3) is 10.8 Å². The van der Waals surface area contributed by atoms with E-state index in [2.05, 4.69) is 4.72 Å². The van der Waals surface area contributed by atoms with Gasteiger partial charge >= 0.3 is 5.97 Å². The zero-order valence-corrected chi connectivity index (χ0v) is 14.9. The molecule has 2 aromatic rings. The fraction of sp³-hybridized carbons (Fsp3) is 0.333. The summed E-state index contributed by atoms with van der Waals surface area (Å²) in [5.41, 5.74) is 0. The number of carbonyl (C=O) groups excluding carboxylic acids is 1. The van der Waals surface area contributed by atoms with Crippen LogP contribution in [0.4, 0.5) is 0 Å². The van der Waals surface area contributed by atoms with Gasteiger partial charge < -0.3 is 10.0 Å².